The number of aliphatic hydroxyl groups is 3. The number of rotatable bonds is 3. The summed E-state index contributed by atoms with van der Waals surface area (Å²) in [5.74, 6) is -4.02. The first-order valence-corrected chi connectivity index (χ1v) is 4.90. The monoisotopic (exact) mass is 262 g/mol. The summed E-state index contributed by atoms with van der Waals surface area (Å²) in [6.45, 7) is 2.07. The third-order valence-corrected chi connectivity index (χ3v) is 1.56. The van der Waals surface area contributed by atoms with E-state index >= 15 is 0 Å². The Labute approximate surface area is 102 Å². The van der Waals surface area contributed by atoms with Crippen LogP contribution < -0.4 is 0 Å². The van der Waals surface area contributed by atoms with Crippen LogP contribution in [0.25, 0.3) is 0 Å². The van der Waals surface area contributed by atoms with Crippen LogP contribution in [0.2, 0.25) is 0 Å². The molecule has 1 unspecified atom stereocenters. The zero-order chi connectivity index (χ0) is 14.3. The van der Waals surface area contributed by atoms with E-state index in [0.29, 0.717) is 0 Å². The zero-order valence-electron chi connectivity index (χ0n) is 9.87. The smallest absolute Gasteiger partial charge is 0.379 e. The minimum Gasteiger partial charge on any atom is -0.499 e. The van der Waals surface area contributed by atoms with E-state index in [4.69, 9.17) is 15.3 Å². The molecule has 8 heteroatoms. The van der Waals surface area contributed by atoms with Crippen LogP contribution in [0.15, 0.2) is 11.5 Å². The number of cyclic esters (lactones) is 1. The van der Waals surface area contributed by atoms with Gasteiger partial charge in [0.2, 0.25) is 11.5 Å². The summed E-state index contributed by atoms with van der Waals surface area (Å²) < 4.78 is 8.66. The fraction of sp³-hybridized carbons (Fsp3) is 0.500. The molecular weight excluding hydrogens is 248 g/mol. The molecule has 0 aliphatic carbocycles. The summed E-state index contributed by atoms with van der Waals surface area (Å²) in [5.41, 5.74) is 0. The summed E-state index contributed by atoms with van der Waals surface area (Å²) in [7, 11) is 0. The third kappa shape index (κ3) is 5.41. The molecule has 1 heterocycles. The van der Waals surface area contributed by atoms with Crippen molar-refractivity contribution in [1.29, 1.82) is 0 Å². The molecule has 0 radical (unpaired) electrons. The van der Waals surface area contributed by atoms with Crippen molar-refractivity contribution >= 4 is 17.7 Å². The van der Waals surface area contributed by atoms with Crippen LogP contribution >= 0.6 is 0 Å². The van der Waals surface area contributed by atoms with Crippen molar-refractivity contribution in [3.63, 3.8) is 0 Å². The van der Waals surface area contributed by atoms with Crippen LogP contribution in [-0.4, -0.2) is 52.4 Å². The summed E-state index contributed by atoms with van der Waals surface area (Å²) >= 11 is 0. The van der Waals surface area contributed by atoms with Gasteiger partial charge in [-0.1, -0.05) is 0 Å². The first kappa shape index (κ1) is 16.1. The highest BCUT2D eigenvalue weighted by molar-refractivity contribution is 6.32. The van der Waals surface area contributed by atoms with Crippen LogP contribution in [0.4, 0.5) is 0 Å². The normalized spacial score (nSPS) is 15.4. The van der Waals surface area contributed by atoms with Gasteiger partial charge in [-0.2, -0.15) is 0 Å². The number of carbonyl (C=O) groups is 3. The zero-order valence-corrected chi connectivity index (χ0v) is 9.87. The second-order valence-electron chi connectivity index (χ2n) is 3.33. The van der Waals surface area contributed by atoms with Gasteiger partial charge in [0, 0.05) is 6.92 Å². The first-order chi connectivity index (χ1) is 8.29. The van der Waals surface area contributed by atoms with Gasteiger partial charge in [-0.3, -0.25) is 4.79 Å². The van der Waals surface area contributed by atoms with E-state index in [0.717, 1.165) is 6.92 Å². The number of ketones is 1. The van der Waals surface area contributed by atoms with Gasteiger partial charge < -0.3 is 24.8 Å². The summed E-state index contributed by atoms with van der Waals surface area (Å²) in [5, 5.41) is 24.9. The largest absolute Gasteiger partial charge is 0.499 e. The quantitative estimate of drug-likeness (QED) is 0.427. The number of ether oxygens (including phenoxy) is 2. The van der Waals surface area contributed by atoms with E-state index in [2.05, 4.69) is 9.47 Å². The lowest BCUT2D eigenvalue weighted by molar-refractivity contribution is -0.150. The van der Waals surface area contributed by atoms with Crippen LogP contribution in [0.3, 0.4) is 0 Å². The maximum atomic E-state index is 10.7. The molecule has 0 aromatic rings. The topological polar surface area (TPSA) is 130 Å². The summed E-state index contributed by atoms with van der Waals surface area (Å²) in [6.07, 6.45) is -0.560. The van der Waals surface area contributed by atoms with Crippen molar-refractivity contribution < 1.29 is 39.2 Å². The minimum atomic E-state index is -1.14. The molecular formula is C10H14O8. The van der Waals surface area contributed by atoms with Gasteiger partial charge in [-0.05, 0) is 6.92 Å². The minimum absolute atomic E-state index is 0.139. The Kier molecular flexibility index (Phi) is 6.61. The number of aliphatic hydroxyl groups excluding tert-OH is 3. The van der Waals surface area contributed by atoms with E-state index in [9.17, 15) is 14.4 Å². The highest BCUT2D eigenvalue weighted by atomic mass is 16.6. The second kappa shape index (κ2) is 7.41. The van der Waals surface area contributed by atoms with Gasteiger partial charge >= 0.3 is 11.9 Å². The molecule has 0 saturated carbocycles. The van der Waals surface area contributed by atoms with Crippen LogP contribution in [0, 0.1) is 0 Å². The lowest BCUT2D eigenvalue weighted by atomic mass is 10.4. The summed E-state index contributed by atoms with van der Waals surface area (Å²) in [6, 6.07) is 0. The van der Waals surface area contributed by atoms with E-state index in [1.165, 1.54) is 6.92 Å². The molecule has 8 nitrogen and oxygen atoms in total. The highest BCUT2D eigenvalue weighted by Gasteiger charge is 2.28. The Morgan fingerprint density at radius 1 is 1.50 bits per heavy atom. The maximum absolute atomic E-state index is 10.7. The van der Waals surface area contributed by atoms with Gasteiger partial charge in [0.05, 0.1) is 12.7 Å². The maximum Gasteiger partial charge on any atom is 0.379 e. The lowest BCUT2D eigenvalue weighted by Crippen LogP contribution is -2.14. The van der Waals surface area contributed by atoms with Crippen LogP contribution in [0.1, 0.15) is 13.8 Å². The first-order valence-electron chi connectivity index (χ1n) is 4.90. The predicted molar refractivity (Wildman–Crippen MR) is 56.2 cm³/mol. The van der Waals surface area contributed by atoms with Crippen molar-refractivity contribution in [2.75, 3.05) is 13.2 Å². The Hall–Kier alpha value is -1.93. The molecule has 0 amide bonds. The number of Topliss-reactive ketones (excluding diaryl/α,β-unsaturated/α-hetero) is 1. The van der Waals surface area contributed by atoms with Crippen molar-refractivity contribution in [2.24, 2.45) is 0 Å². The van der Waals surface area contributed by atoms with Crippen LogP contribution in [0.5, 0.6) is 0 Å². The number of hydrogen-bond donors (Lipinski definition) is 3. The van der Waals surface area contributed by atoms with Crippen molar-refractivity contribution in [1.82, 2.24) is 0 Å². The molecule has 0 aromatic heterocycles. The molecule has 0 bridgehead atoms. The van der Waals surface area contributed by atoms with Gasteiger partial charge in [-0.25, -0.2) is 9.59 Å². The van der Waals surface area contributed by atoms with Crippen LogP contribution in [-0.2, 0) is 23.9 Å². The van der Waals surface area contributed by atoms with Crippen molar-refractivity contribution in [2.45, 2.75) is 20.0 Å². The Balaban J connectivity index is 0.000000494. The molecule has 1 aliphatic heterocycles. The molecule has 1 rings (SSSR count). The van der Waals surface area contributed by atoms with E-state index in [-0.39, 0.29) is 19.0 Å². The molecule has 0 aromatic carbocycles. The fourth-order valence-electron chi connectivity index (χ4n) is 0.643. The third-order valence-electron chi connectivity index (χ3n) is 1.56. The SMILES string of the molecule is CC(=O)C(=O)OC1=C(O)C(=O)OC1.CC(O)CO. The number of esters is 2. The molecule has 3 N–H and O–H groups in total. The number of carbonyl (C=O) groups excluding carboxylic acids is 3. The molecule has 0 spiro atoms. The molecule has 1 aliphatic rings. The molecule has 18 heavy (non-hydrogen) atoms. The van der Waals surface area contributed by atoms with Crippen molar-refractivity contribution in [3.05, 3.63) is 11.5 Å². The fourth-order valence-corrected chi connectivity index (χ4v) is 0.643. The van der Waals surface area contributed by atoms with Crippen molar-refractivity contribution in [3.8, 4) is 0 Å². The number of hydrogen-bond acceptors (Lipinski definition) is 8. The predicted octanol–water partition coefficient (Wildman–Crippen LogP) is -1.20. The molecule has 1 atom stereocenters. The van der Waals surface area contributed by atoms with Gasteiger partial charge in [0.15, 0.2) is 12.4 Å². The standard InChI is InChI=1S/C7H6O6.C3H8O2/c1-3(8)6(10)13-4-2-12-7(11)5(4)9;1-3(5)2-4/h9H,2H2,1H3;3-5H,2H2,1H3. The lowest BCUT2D eigenvalue weighted by Gasteiger charge is -1.98. The average molecular weight is 262 g/mol. The average Bonchev–Trinajstić information content (AvgIpc) is 2.61. The summed E-state index contributed by atoms with van der Waals surface area (Å²) in [4.78, 5) is 31.6. The molecule has 0 saturated heterocycles. The highest BCUT2D eigenvalue weighted by Crippen LogP contribution is 2.14. The van der Waals surface area contributed by atoms with Gasteiger partial charge in [-0.15, -0.1) is 0 Å². The van der Waals surface area contributed by atoms with E-state index < -0.39 is 29.6 Å². The van der Waals surface area contributed by atoms with E-state index in [1.807, 2.05) is 0 Å². The van der Waals surface area contributed by atoms with Gasteiger partial charge in [0.1, 0.15) is 0 Å². The molecule has 0 fully saturated rings. The van der Waals surface area contributed by atoms with Gasteiger partial charge in [0.25, 0.3) is 0 Å². The Morgan fingerprint density at radius 2 is 2.00 bits per heavy atom. The van der Waals surface area contributed by atoms with E-state index in [1.54, 1.807) is 0 Å². The molecule has 102 valence electrons. The Morgan fingerprint density at radius 3 is 2.28 bits per heavy atom. The second-order valence-corrected chi connectivity index (χ2v) is 3.33. The Bertz CT molecular complexity index is 368.